The average Bonchev–Trinajstić information content (AvgIpc) is 2.31. The Kier molecular flexibility index (Phi) is 4.45. The molecule has 0 spiro atoms. The van der Waals surface area contributed by atoms with Gasteiger partial charge < -0.3 is 5.32 Å². The lowest BCUT2D eigenvalue weighted by atomic mass is 9.88. The third kappa shape index (κ3) is 3.18. The van der Waals surface area contributed by atoms with Crippen LogP contribution in [0.5, 0.6) is 0 Å². The molecule has 1 aliphatic carbocycles. The fourth-order valence-corrected chi connectivity index (χ4v) is 3.15. The Morgan fingerprint density at radius 1 is 1.20 bits per heavy atom. The van der Waals surface area contributed by atoms with Crippen LogP contribution < -0.4 is 5.32 Å². The average molecular weight is 210 g/mol. The van der Waals surface area contributed by atoms with Gasteiger partial charge in [0, 0.05) is 32.2 Å². The molecule has 0 bridgehead atoms. The molecule has 2 heteroatoms. The predicted molar refractivity (Wildman–Crippen MR) is 65.1 cm³/mol. The van der Waals surface area contributed by atoms with Gasteiger partial charge in [-0.3, -0.25) is 4.90 Å². The topological polar surface area (TPSA) is 15.3 Å². The van der Waals surface area contributed by atoms with Crippen molar-refractivity contribution in [2.75, 3.05) is 26.2 Å². The first-order chi connectivity index (χ1) is 7.40. The minimum atomic E-state index is 0.806. The molecule has 1 atom stereocenters. The summed E-state index contributed by atoms with van der Waals surface area (Å²) in [6.45, 7) is 7.38. The molecule has 2 nitrogen and oxygen atoms in total. The highest BCUT2D eigenvalue weighted by Gasteiger charge is 2.24. The monoisotopic (exact) mass is 210 g/mol. The Labute approximate surface area is 94.4 Å². The summed E-state index contributed by atoms with van der Waals surface area (Å²) in [6, 6.07) is 0.806. The van der Waals surface area contributed by atoms with Gasteiger partial charge in [-0.1, -0.05) is 26.2 Å². The fourth-order valence-electron chi connectivity index (χ4n) is 3.15. The van der Waals surface area contributed by atoms with E-state index in [4.69, 9.17) is 0 Å². The van der Waals surface area contributed by atoms with Crippen molar-refractivity contribution in [1.82, 2.24) is 10.2 Å². The number of nitrogens with one attached hydrogen (secondary N) is 1. The van der Waals surface area contributed by atoms with Gasteiger partial charge in [-0.2, -0.15) is 0 Å². The van der Waals surface area contributed by atoms with E-state index < -0.39 is 0 Å². The lowest BCUT2D eigenvalue weighted by Crippen LogP contribution is -2.52. The van der Waals surface area contributed by atoms with Crippen molar-refractivity contribution in [2.24, 2.45) is 5.92 Å². The van der Waals surface area contributed by atoms with Crippen molar-refractivity contribution < 1.29 is 0 Å². The first-order valence-electron chi connectivity index (χ1n) is 6.85. The molecule has 1 unspecified atom stereocenters. The molecule has 1 saturated carbocycles. The van der Waals surface area contributed by atoms with Crippen molar-refractivity contribution in [3.8, 4) is 0 Å². The Balaban J connectivity index is 1.79. The van der Waals surface area contributed by atoms with E-state index in [0.29, 0.717) is 0 Å². The third-order valence-electron chi connectivity index (χ3n) is 4.16. The normalized spacial score (nSPS) is 30.6. The van der Waals surface area contributed by atoms with Gasteiger partial charge in [-0.15, -0.1) is 0 Å². The van der Waals surface area contributed by atoms with Crippen LogP contribution in [0.2, 0.25) is 0 Å². The number of piperazine rings is 1. The second-order valence-corrected chi connectivity index (χ2v) is 5.27. The summed E-state index contributed by atoms with van der Waals surface area (Å²) in [5.74, 6) is 1.01. The van der Waals surface area contributed by atoms with E-state index in [1.807, 2.05) is 0 Å². The van der Waals surface area contributed by atoms with E-state index in [1.165, 1.54) is 64.7 Å². The van der Waals surface area contributed by atoms with E-state index in [2.05, 4.69) is 17.1 Å². The molecule has 15 heavy (non-hydrogen) atoms. The summed E-state index contributed by atoms with van der Waals surface area (Å²) in [4.78, 5) is 2.74. The Morgan fingerprint density at radius 3 is 2.73 bits per heavy atom. The van der Waals surface area contributed by atoms with Crippen molar-refractivity contribution in [1.29, 1.82) is 0 Å². The van der Waals surface area contributed by atoms with Crippen molar-refractivity contribution >= 4 is 0 Å². The molecule has 2 fully saturated rings. The smallest absolute Gasteiger partial charge is 0.0218 e. The summed E-state index contributed by atoms with van der Waals surface area (Å²) in [7, 11) is 0. The second kappa shape index (κ2) is 5.86. The maximum atomic E-state index is 3.51. The molecule has 0 aromatic heterocycles. The van der Waals surface area contributed by atoms with Gasteiger partial charge in [-0.05, 0) is 25.2 Å². The van der Waals surface area contributed by atoms with Gasteiger partial charge in [0.25, 0.3) is 0 Å². The Bertz CT molecular complexity index is 175. The molecular formula is C13H26N2. The molecule has 2 aliphatic rings. The summed E-state index contributed by atoms with van der Waals surface area (Å²) < 4.78 is 0. The van der Waals surface area contributed by atoms with Crippen LogP contribution in [-0.4, -0.2) is 37.1 Å². The SMILES string of the molecule is CCC1CNCCN1CC1CCCCC1. The minimum absolute atomic E-state index is 0.806. The zero-order valence-corrected chi connectivity index (χ0v) is 10.2. The highest BCUT2D eigenvalue weighted by Crippen LogP contribution is 2.25. The van der Waals surface area contributed by atoms with Crippen molar-refractivity contribution in [3.05, 3.63) is 0 Å². The van der Waals surface area contributed by atoms with Crippen molar-refractivity contribution in [2.45, 2.75) is 51.5 Å². The molecular weight excluding hydrogens is 184 g/mol. The Morgan fingerprint density at radius 2 is 2.00 bits per heavy atom. The quantitative estimate of drug-likeness (QED) is 0.768. The summed E-state index contributed by atoms with van der Waals surface area (Å²) >= 11 is 0. The molecule has 0 amide bonds. The van der Waals surface area contributed by atoms with E-state index >= 15 is 0 Å². The lowest BCUT2D eigenvalue weighted by molar-refractivity contribution is 0.120. The molecule has 1 N–H and O–H groups in total. The van der Waals surface area contributed by atoms with Gasteiger partial charge in [0.1, 0.15) is 0 Å². The van der Waals surface area contributed by atoms with Crippen LogP contribution in [0.25, 0.3) is 0 Å². The van der Waals surface area contributed by atoms with Crippen LogP contribution in [-0.2, 0) is 0 Å². The van der Waals surface area contributed by atoms with E-state index in [9.17, 15) is 0 Å². The summed E-state index contributed by atoms with van der Waals surface area (Å²) in [6.07, 6.45) is 8.72. The molecule has 1 aliphatic heterocycles. The van der Waals surface area contributed by atoms with Gasteiger partial charge in [-0.25, -0.2) is 0 Å². The molecule has 0 aromatic rings. The van der Waals surface area contributed by atoms with E-state index in [0.717, 1.165) is 12.0 Å². The molecule has 0 radical (unpaired) electrons. The van der Waals surface area contributed by atoms with Crippen molar-refractivity contribution in [3.63, 3.8) is 0 Å². The zero-order chi connectivity index (χ0) is 10.5. The minimum Gasteiger partial charge on any atom is -0.314 e. The van der Waals surface area contributed by atoms with Crippen LogP contribution in [0.4, 0.5) is 0 Å². The van der Waals surface area contributed by atoms with Gasteiger partial charge in [0.05, 0.1) is 0 Å². The number of nitrogens with zero attached hydrogens (tertiary/aromatic N) is 1. The number of rotatable bonds is 3. The van der Waals surface area contributed by atoms with Crippen LogP contribution in [0.15, 0.2) is 0 Å². The number of hydrogen-bond donors (Lipinski definition) is 1. The second-order valence-electron chi connectivity index (χ2n) is 5.27. The van der Waals surface area contributed by atoms with Crippen LogP contribution >= 0.6 is 0 Å². The molecule has 1 heterocycles. The molecule has 88 valence electrons. The summed E-state index contributed by atoms with van der Waals surface area (Å²) in [5, 5.41) is 3.51. The molecule has 1 saturated heterocycles. The Hall–Kier alpha value is -0.0800. The largest absolute Gasteiger partial charge is 0.314 e. The molecule has 0 aromatic carbocycles. The highest BCUT2D eigenvalue weighted by atomic mass is 15.2. The highest BCUT2D eigenvalue weighted by molar-refractivity contribution is 4.81. The first-order valence-corrected chi connectivity index (χ1v) is 6.85. The van der Waals surface area contributed by atoms with Gasteiger partial charge in [0.15, 0.2) is 0 Å². The number of hydrogen-bond acceptors (Lipinski definition) is 2. The molecule has 2 rings (SSSR count). The predicted octanol–water partition coefficient (Wildman–Crippen LogP) is 2.25. The maximum absolute atomic E-state index is 3.51. The van der Waals surface area contributed by atoms with Gasteiger partial charge >= 0.3 is 0 Å². The van der Waals surface area contributed by atoms with Crippen LogP contribution in [0.1, 0.15) is 45.4 Å². The summed E-state index contributed by atoms with van der Waals surface area (Å²) in [5.41, 5.74) is 0. The fraction of sp³-hybridized carbons (Fsp3) is 1.00. The first kappa shape index (κ1) is 11.4. The maximum Gasteiger partial charge on any atom is 0.0218 e. The lowest BCUT2D eigenvalue weighted by Gasteiger charge is -2.38. The van der Waals surface area contributed by atoms with E-state index in [-0.39, 0.29) is 0 Å². The van der Waals surface area contributed by atoms with Crippen LogP contribution in [0.3, 0.4) is 0 Å². The standard InChI is InChI=1S/C13H26N2/c1-2-13-10-14-8-9-15(13)11-12-6-4-3-5-7-12/h12-14H,2-11H2,1H3. The third-order valence-corrected chi connectivity index (χ3v) is 4.16. The van der Waals surface area contributed by atoms with Gasteiger partial charge in [0.2, 0.25) is 0 Å². The zero-order valence-electron chi connectivity index (χ0n) is 10.2. The van der Waals surface area contributed by atoms with E-state index in [1.54, 1.807) is 0 Å². The van der Waals surface area contributed by atoms with Crippen LogP contribution in [0, 0.1) is 5.92 Å².